The Kier molecular flexibility index (Phi) is 3.57. The number of rotatable bonds is 3. The summed E-state index contributed by atoms with van der Waals surface area (Å²) < 4.78 is 18.3. The second-order valence-electron chi connectivity index (χ2n) is 5.36. The highest BCUT2D eigenvalue weighted by atomic mass is 19.1. The van der Waals surface area contributed by atoms with E-state index in [0.717, 1.165) is 16.8 Å². The molecule has 3 rings (SSSR count). The van der Waals surface area contributed by atoms with Crippen molar-refractivity contribution in [1.82, 2.24) is 5.16 Å². The zero-order valence-corrected chi connectivity index (χ0v) is 12.0. The lowest BCUT2D eigenvalue weighted by atomic mass is 10.0. The van der Waals surface area contributed by atoms with E-state index < -0.39 is 0 Å². The minimum absolute atomic E-state index is 0.261. The Morgan fingerprint density at radius 3 is 2.14 bits per heavy atom. The van der Waals surface area contributed by atoms with E-state index in [0.29, 0.717) is 11.7 Å². The van der Waals surface area contributed by atoms with Gasteiger partial charge in [0.1, 0.15) is 11.5 Å². The Labute approximate surface area is 123 Å². The fourth-order valence-electron chi connectivity index (χ4n) is 2.20. The molecule has 106 valence electrons. The first-order valence-corrected chi connectivity index (χ1v) is 6.96. The van der Waals surface area contributed by atoms with Gasteiger partial charge in [-0.05, 0) is 35.7 Å². The first-order chi connectivity index (χ1) is 10.1. The van der Waals surface area contributed by atoms with Crippen LogP contribution in [0.4, 0.5) is 4.39 Å². The molecule has 0 saturated heterocycles. The van der Waals surface area contributed by atoms with Crippen molar-refractivity contribution in [2.75, 3.05) is 0 Å². The molecule has 0 radical (unpaired) electrons. The van der Waals surface area contributed by atoms with Crippen molar-refractivity contribution in [3.8, 4) is 22.6 Å². The molecule has 0 aliphatic rings. The van der Waals surface area contributed by atoms with Gasteiger partial charge in [0.25, 0.3) is 0 Å². The van der Waals surface area contributed by atoms with Crippen molar-refractivity contribution < 1.29 is 8.91 Å². The summed E-state index contributed by atoms with van der Waals surface area (Å²) in [6, 6.07) is 16.4. The second kappa shape index (κ2) is 5.52. The third kappa shape index (κ3) is 2.87. The molecule has 21 heavy (non-hydrogen) atoms. The molecular formula is C18H16FNO. The molecule has 0 fully saturated rings. The van der Waals surface area contributed by atoms with Gasteiger partial charge >= 0.3 is 0 Å². The maximum Gasteiger partial charge on any atom is 0.167 e. The third-order valence-corrected chi connectivity index (χ3v) is 3.51. The van der Waals surface area contributed by atoms with Gasteiger partial charge in [-0.1, -0.05) is 43.3 Å². The number of nitrogens with zero attached hydrogens (tertiary/aromatic N) is 1. The van der Waals surface area contributed by atoms with Gasteiger partial charge in [-0.3, -0.25) is 0 Å². The SMILES string of the molecule is CC(C)c1ccc(-c2cc(-c3ccc(F)cc3)on2)cc1. The Hall–Kier alpha value is -2.42. The summed E-state index contributed by atoms with van der Waals surface area (Å²) >= 11 is 0. The molecule has 3 heteroatoms. The summed E-state index contributed by atoms with van der Waals surface area (Å²) in [5.74, 6) is 0.881. The molecule has 0 aliphatic carbocycles. The van der Waals surface area contributed by atoms with Crippen LogP contribution in [0, 0.1) is 5.82 Å². The molecule has 0 N–H and O–H groups in total. The zero-order valence-electron chi connectivity index (χ0n) is 12.0. The van der Waals surface area contributed by atoms with E-state index in [1.807, 2.05) is 18.2 Å². The molecule has 0 bridgehead atoms. The number of halogens is 1. The summed E-state index contributed by atoms with van der Waals surface area (Å²) in [5.41, 5.74) is 3.90. The van der Waals surface area contributed by atoms with Crippen molar-refractivity contribution >= 4 is 0 Å². The summed E-state index contributed by atoms with van der Waals surface area (Å²) in [6.07, 6.45) is 0. The average molecular weight is 281 g/mol. The van der Waals surface area contributed by atoms with Crippen molar-refractivity contribution in [2.45, 2.75) is 19.8 Å². The first-order valence-electron chi connectivity index (χ1n) is 6.96. The van der Waals surface area contributed by atoms with Crippen LogP contribution < -0.4 is 0 Å². The maximum atomic E-state index is 12.9. The zero-order chi connectivity index (χ0) is 14.8. The molecule has 0 spiro atoms. The number of aromatic nitrogens is 1. The maximum absolute atomic E-state index is 12.9. The lowest BCUT2D eigenvalue weighted by molar-refractivity contribution is 0.435. The van der Waals surface area contributed by atoms with Gasteiger partial charge in [0, 0.05) is 17.2 Å². The highest BCUT2D eigenvalue weighted by Gasteiger charge is 2.09. The van der Waals surface area contributed by atoms with Gasteiger partial charge in [-0.25, -0.2) is 4.39 Å². The Morgan fingerprint density at radius 2 is 1.52 bits per heavy atom. The highest BCUT2D eigenvalue weighted by Crippen LogP contribution is 2.27. The van der Waals surface area contributed by atoms with Crippen LogP contribution in [0.2, 0.25) is 0 Å². The van der Waals surface area contributed by atoms with Crippen molar-refractivity contribution in [2.24, 2.45) is 0 Å². The highest BCUT2D eigenvalue weighted by molar-refractivity contribution is 5.66. The fraction of sp³-hybridized carbons (Fsp3) is 0.167. The molecule has 0 aliphatic heterocycles. The van der Waals surface area contributed by atoms with Gasteiger partial charge in [-0.2, -0.15) is 0 Å². The molecule has 0 amide bonds. The van der Waals surface area contributed by atoms with E-state index >= 15 is 0 Å². The van der Waals surface area contributed by atoms with Gasteiger partial charge < -0.3 is 4.52 Å². The predicted molar refractivity (Wildman–Crippen MR) is 81.4 cm³/mol. The Morgan fingerprint density at radius 1 is 0.905 bits per heavy atom. The summed E-state index contributed by atoms with van der Waals surface area (Å²) in [5, 5.41) is 4.09. The van der Waals surface area contributed by atoms with Crippen molar-refractivity contribution in [1.29, 1.82) is 0 Å². The minimum atomic E-state index is -0.261. The van der Waals surface area contributed by atoms with Crippen LogP contribution >= 0.6 is 0 Å². The third-order valence-electron chi connectivity index (χ3n) is 3.51. The van der Waals surface area contributed by atoms with E-state index in [4.69, 9.17) is 4.52 Å². The lowest BCUT2D eigenvalue weighted by Crippen LogP contribution is -1.86. The van der Waals surface area contributed by atoms with E-state index in [1.165, 1.54) is 17.7 Å². The molecule has 0 saturated carbocycles. The van der Waals surface area contributed by atoms with Crippen LogP contribution in [0.15, 0.2) is 59.1 Å². The molecule has 1 aromatic heterocycles. The quantitative estimate of drug-likeness (QED) is 0.653. The van der Waals surface area contributed by atoms with Crippen molar-refractivity contribution in [3.05, 3.63) is 66.0 Å². The van der Waals surface area contributed by atoms with Gasteiger partial charge in [0.15, 0.2) is 5.76 Å². The van der Waals surface area contributed by atoms with Crippen LogP contribution in [0.1, 0.15) is 25.3 Å². The summed E-state index contributed by atoms with van der Waals surface area (Å²) in [7, 11) is 0. The standard InChI is InChI=1S/C18H16FNO/c1-12(2)13-3-5-14(6-4-13)17-11-18(21-20-17)15-7-9-16(19)10-8-15/h3-12H,1-2H3. The normalized spacial score (nSPS) is 11.0. The molecule has 3 aromatic rings. The smallest absolute Gasteiger partial charge is 0.167 e. The number of hydrogen-bond acceptors (Lipinski definition) is 2. The summed E-state index contributed by atoms with van der Waals surface area (Å²) in [6.45, 7) is 4.33. The van der Waals surface area contributed by atoms with E-state index in [-0.39, 0.29) is 5.82 Å². The van der Waals surface area contributed by atoms with Crippen LogP contribution in [-0.2, 0) is 0 Å². The molecule has 2 aromatic carbocycles. The number of benzene rings is 2. The topological polar surface area (TPSA) is 26.0 Å². The van der Waals surface area contributed by atoms with E-state index in [1.54, 1.807) is 12.1 Å². The largest absolute Gasteiger partial charge is 0.356 e. The monoisotopic (exact) mass is 281 g/mol. The van der Waals surface area contributed by atoms with Crippen molar-refractivity contribution in [3.63, 3.8) is 0 Å². The Balaban J connectivity index is 1.89. The Bertz CT molecular complexity index is 727. The van der Waals surface area contributed by atoms with Gasteiger partial charge in [0.05, 0.1) is 0 Å². The fourth-order valence-corrected chi connectivity index (χ4v) is 2.20. The number of hydrogen-bond donors (Lipinski definition) is 0. The predicted octanol–water partition coefficient (Wildman–Crippen LogP) is 5.27. The molecule has 0 unspecified atom stereocenters. The van der Waals surface area contributed by atoms with Gasteiger partial charge in [0.2, 0.25) is 0 Å². The summed E-state index contributed by atoms with van der Waals surface area (Å²) in [4.78, 5) is 0. The molecule has 0 atom stereocenters. The van der Waals surface area contributed by atoms with Gasteiger partial charge in [-0.15, -0.1) is 0 Å². The molecular weight excluding hydrogens is 265 g/mol. The van der Waals surface area contributed by atoms with Crippen LogP contribution in [0.5, 0.6) is 0 Å². The molecule has 2 nitrogen and oxygen atoms in total. The van der Waals surface area contributed by atoms with E-state index in [2.05, 4.69) is 31.1 Å². The van der Waals surface area contributed by atoms with E-state index in [9.17, 15) is 4.39 Å². The average Bonchev–Trinajstić information content (AvgIpc) is 2.98. The minimum Gasteiger partial charge on any atom is -0.356 e. The van der Waals surface area contributed by atoms with Crippen LogP contribution in [0.3, 0.4) is 0 Å². The van der Waals surface area contributed by atoms with Crippen LogP contribution in [0.25, 0.3) is 22.6 Å². The first kappa shape index (κ1) is 13.6. The lowest BCUT2D eigenvalue weighted by Gasteiger charge is -2.04. The van der Waals surface area contributed by atoms with Crippen LogP contribution in [-0.4, -0.2) is 5.16 Å². The second-order valence-corrected chi connectivity index (χ2v) is 5.36. The molecule has 1 heterocycles.